The fraction of sp³-hybridized carbons (Fsp3) is 0.933. The summed E-state index contributed by atoms with van der Waals surface area (Å²) in [5, 5.41) is 72.4. The van der Waals surface area contributed by atoms with Crippen LogP contribution in [-0.4, -0.2) is 142 Å². The van der Waals surface area contributed by atoms with Crippen molar-refractivity contribution in [1.82, 2.24) is 0 Å². The number of aliphatic hydroxyl groups is 7. The molecule has 2 aliphatic rings. The predicted octanol–water partition coefficient (Wildman–Crippen LogP) is 10.9. The van der Waals surface area contributed by atoms with E-state index in [1.54, 1.807) is 0 Å². The summed E-state index contributed by atoms with van der Waals surface area (Å²) in [6, 6.07) is 0. The van der Waals surface area contributed by atoms with Crippen molar-refractivity contribution >= 4 is 11.9 Å². The van der Waals surface area contributed by atoms with Gasteiger partial charge in [-0.3, -0.25) is 9.59 Å². The fourth-order valence-corrected chi connectivity index (χ4v) is 9.98. The van der Waals surface area contributed by atoms with Crippen LogP contribution in [0, 0.1) is 0 Å². The quantitative estimate of drug-likeness (QED) is 0.0171. The number of hydrogen-bond acceptors (Lipinski definition) is 15. The first-order chi connectivity index (χ1) is 36.5. The standard InChI is InChI=1S/C60H112O15/c1-3-5-7-9-11-13-15-17-19-21-23-25-27-29-31-33-35-37-39-41-43-52(63)73-48(45-70-51(62)42-40-38-36-34-32-30-28-26-24-22-20-18-16-14-12-10-8-6-4-2)46-71-59-58(69)56(67)54(65)50(75-59)47-72-60-57(68)55(66)53(64)49(44-61)74-60/h18,20,48-50,53-61,64-69H,3-17,19,21-47H2,1-2H3/b20-18+/t48-,49+,50+,53-,54-,55?,56?,57?,58?,59+,60+/m1/s1. The Morgan fingerprint density at radius 1 is 0.413 bits per heavy atom. The van der Waals surface area contributed by atoms with E-state index in [9.17, 15) is 45.3 Å². The monoisotopic (exact) mass is 1070 g/mol. The maximum Gasteiger partial charge on any atom is 0.306 e. The highest BCUT2D eigenvalue weighted by Gasteiger charge is 2.47. The minimum absolute atomic E-state index is 0.172. The van der Waals surface area contributed by atoms with Gasteiger partial charge >= 0.3 is 11.9 Å². The number of carbonyl (C=O) groups is 2. The molecule has 0 spiro atoms. The van der Waals surface area contributed by atoms with Crippen LogP contribution in [0.15, 0.2) is 12.2 Å². The Kier molecular flexibility index (Phi) is 43.5. The van der Waals surface area contributed by atoms with Gasteiger partial charge in [-0.05, 0) is 38.5 Å². The summed E-state index contributed by atoms with van der Waals surface area (Å²) >= 11 is 0. The topological polar surface area (TPSA) is 231 Å². The summed E-state index contributed by atoms with van der Waals surface area (Å²) in [5.74, 6) is -0.909. The summed E-state index contributed by atoms with van der Waals surface area (Å²) in [4.78, 5) is 25.9. The molecule has 0 aromatic carbocycles. The highest BCUT2D eigenvalue weighted by molar-refractivity contribution is 5.70. The Hall–Kier alpha value is -1.76. The van der Waals surface area contributed by atoms with Crippen LogP contribution in [0.25, 0.3) is 0 Å². The number of hydrogen-bond donors (Lipinski definition) is 7. The third-order valence-electron chi connectivity index (χ3n) is 15.0. The molecular weight excluding hydrogens is 961 g/mol. The molecule has 7 N–H and O–H groups in total. The van der Waals surface area contributed by atoms with Crippen molar-refractivity contribution in [3.05, 3.63) is 12.2 Å². The molecule has 11 atom stereocenters. The van der Waals surface area contributed by atoms with Crippen LogP contribution in [-0.2, 0) is 38.0 Å². The zero-order valence-corrected chi connectivity index (χ0v) is 47.3. The summed E-state index contributed by atoms with van der Waals surface area (Å²) in [5.41, 5.74) is 0. The zero-order valence-electron chi connectivity index (χ0n) is 47.3. The molecule has 0 aromatic heterocycles. The number of carbonyl (C=O) groups excluding carboxylic acids is 2. The van der Waals surface area contributed by atoms with Gasteiger partial charge in [-0.2, -0.15) is 0 Å². The van der Waals surface area contributed by atoms with Gasteiger partial charge in [-0.1, -0.05) is 225 Å². The van der Waals surface area contributed by atoms with E-state index in [1.807, 2.05) is 0 Å². The summed E-state index contributed by atoms with van der Waals surface area (Å²) < 4.78 is 33.8. The zero-order chi connectivity index (χ0) is 54.6. The molecule has 4 unspecified atom stereocenters. The Morgan fingerprint density at radius 3 is 1.17 bits per heavy atom. The van der Waals surface area contributed by atoms with Crippen molar-refractivity contribution in [3.8, 4) is 0 Å². The largest absolute Gasteiger partial charge is 0.462 e. The average molecular weight is 1070 g/mol. The Morgan fingerprint density at radius 2 is 0.760 bits per heavy atom. The van der Waals surface area contributed by atoms with Crippen LogP contribution in [0.5, 0.6) is 0 Å². The lowest BCUT2D eigenvalue weighted by molar-refractivity contribution is -0.332. The smallest absolute Gasteiger partial charge is 0.306 e. The van der Waals surface area contributed by atoms with Crippen LogP contribution in [0.3, 0.4) is 0 Å². The normalized spacial score (nSPS) is 24.5. The second-order valence-electron chi connectivity index (χ2n) is 21.9. The van der Waals surface area contributed by atoms with Crippen LogP contribution in [0.1, 0.15) is 264 Å². The van der Waals surface area contributed by atoms with Gasteiger partial charge in [0.1, 0.15) is 55.4 Å². The van der Waals surface area contributed by atoms with Crippen molar-refractivity contribution < 1.29 is 73.8 Å². The Labute approximate surface area is 454 Å². The highest BCUT2D eigenvalue weighted by Crippen LogP contribution is 2.27. The minimum Gasteiger partial charge on any atom is -0.462 e. The molecule has 2 fully saturated rings. The summed E-state index contributed by atoms with van der Waals surface area (Å²) in [6.07, 6.45) is 33.7. The molecule has 0 radical (unpaired) electrons. The van der Waals surface area contributed by atoms with Gasteiger partial charge in [0.05, 0.1) is 19.8 Å². The van der Waals surface area contributed by atoms with Crippen molar-refractivity contribution in [2.75, 3.05) is 26.4 Å². The van der Waals surface area contributed by atoms with Crippen molar-refractivity contribution in [3.63, 3.8) is 0 Å². The van der Waals surface area contributed by atoms with E-state index < -0.39 is 92.7 Å². The number of allylic oxidation sites excluding steroid dienone is 2. The summed E-state index contributed by atoms with van der Waals surface area (Å²) in [7, 11) is 0. The fourth-order valence-electron chi connectivity index (χ4n) is 9.98. The molecule has 0 saturated carbocycles. The van der Waals surface area contributed by atoms with Gasteiger partial charge in [0.15, 0.2) is 18.7 Å². The van der Waals surface area contributed by atoms with E-state index in [1.165, 1.54) is 186 Å². The first-order valence-electron chi connectivity index (χ1n) is 30.8. The van der Waals surface area contributed by atoms with Crippen LogP contribution >= 0.6 is 0 Å². The van der Waals surface area contributed by atoms with Crippen molar-refractivity contribution in [2.24, 2.45) is 0 Å². The molecule has 2 aliphatic heterocycles. The van der Waals surface area contributed by atoms with Gasteiger partial charge in [-0.15, -0.1) is 0 Å². The Bertz CT molecular complexity index is 1350. The number of aliphatic hydroxyl groups excluding tert-OH is 7. The van der Waals surface area contributed by atoms with Gasteiger partial charge in [0, 0.05) is 12.8 Å². The molecule has 2 saturated heterocycles. The maximum absolute atomic E-state index is 13.1. The number of ether oxygens (including phenoxy) is 6. The van der Waals surface area contributed by atoms with E-state index in [4.69, 9.17) is 28.4 Å². The minimum atomic E-state index is -1.76. The number of esters is 2. The lowest BCUT2D eigenvalue weighted by Crippen LogP contribution is -2.61. The molecule has 15 heteroatoms. The summed E-state index contributed by atoms with van der Waals surface area (Å²) in [6.45, 7) is 2.65. The van der Waals surface area contributed by atoms with Gasteiger partial charge in [0.2, 0.25) is 0 Å². The third-order valence-corrected chi connectivity index (χ3v) is 15.0. The van der Waals surface area contributed by atoms with E-state index in [0.29, 0.717) is 12.8 Å². The van der Waals surface area contributed by atoms with Gasteiger partial charge in [0.25, 0.3) is 0 Å². The lowest BCUT2D eigenvalue weighted by Gasteiger charge is -2.42. The molecule has 0 bridgehead atoms. The van der Waals surface area contributed by atoms with E-state index in [2.05, 4.69) is 26.0 Å². The third kappa shape index (κ3) is 34.1. The maximum atomic E-state index is 13.1. The SMILES string of the molecule is CCCCCCCC/C=C/CCCCCCCCCCCC(=O)OC[C@H](CO[C@H]1O[C@@H](CO[C@H]2O[C@@H](CO)[C@@H](O)C(O)C2O)[C@@H](O)C(O)C1O)OC(=O)CCCCCCCCCCCCCCCCCCCCCC. The molecular formula is C60H112O15. The van der Waals surface area contributed by atoms with E-state index >= 15 is 0 Å². The van der Waals surface area contributed by atoms with E-state index in [0.717, 1.165) is 38.5 Å². The lowest BCUT2D eigenvalue weighted by atomic mass is 9.98. The molecule has 2 heterocycles. The second kappa shape index (κ2) is 47.1. The number of rotatable bonds is 50. The average Bonchev–Trinajstić information content (AvgIpc) is 3.40. The van der Waals surface area contributed by atoms with Gasteiger partial charge < -0.3 is 64.2 Å². The predicted molar refractivity (Wildman–Crippen MR) is 294 cm³/mol. The van der Waals surface area contributed by atoms with Gasteiger partial charge in [-0.25, -0.2) is 0 Å². The van der Waals surface area contributed by atoms with E-state index in [-0.39, 0.29) is 26.1 Å². The highest BCUT2D eigenvalue weighted by atomic mass is 16.7. The van der Waals surface area contributed by atoms with Crippen LogP contribution in [0.4, 0.5) is 0 Å². The van der Waals surface area contributed by atoms with Crippen molar-refractivity contribution in [2.45, 2.75) is 332 Å². The first kappa shape index (κ1) is 69.3. The second-order valence-corrected chi connectivity index (χ2v) is 21.9. The number of unbranched alkanes of at least 4 members (excludes halogenated alkanes) is 34. The molecule has 75 heavy (non-hydrogen) atoms. The van der Waals surface area contributed by atoms with Crippen LogP contribution < -0.4 is 0 Å². The van der Waals surface area contributed by atoms with Crippen molar-refractivity contribution in [1.29, 1.82) is 0 Å². The Balaban J connectivity index is 1.72. The first-order valence-corrected chi connectivity index (χ1v) is 30.8. The molecule has 0 amide bonds. The molecule has 15 nitrogen and oxygen atoms in total. The molecule has 0 aromatic rings. The molecule has 2 rings (SSSR count). The molecule has 0 aliphatic carbocycles. The van der Waals surface area contributed by atoms with Crippen LogP contribution in [0.2, 0.25) is 0 Å². The molecule has 442 valence electrons.